The zero-order valence-corrected chi connectivity index (χ0v) is 11.8. The van der Waals surface area contributed by atoms with Gasteiger partial charge in [-0.15, -0.1) is 11.3 Å². The van der Waals surface area contributed by atoms with Gasteiger partial charge in [0.15, 0.2) is 0 Å². The fourth-order valence-corrected chi connectivity index (χ4v) is 3.02. The molecule has 1 aliphatic rings. The molecule has 2 rings (SSSR count). The number of nitrogens with one attached hydrogen (secondary N) is 1. The Morgan fingerprint density at radius 3 is 2.95 bits per heavy atom. The summed E-state index contributed by atoms with van der Waals surface area (Å²) in [5.74, 6) is -1.10. The molecule has 1 fully saturated rings. The van der Waals surface area contributed by atoms with Gasteiger partial charge in [0.25, 0.3) is 0 Å². The van der Waals surface area contributed by atoms with Gasteiger partial charge in [0.1, 0.15) is 11.0 Å². The van der Waals surface area contributed by atoms with Crippen LogP contribution in [0.1, 0.15) is 30.8 Å². The number of aliphatic hydroxyl groups excluding tert-OH is 1. The number of amides is 2. The number of hydrogen-bond donors (Lipinski definition) is 3. The first-order valence-corrected chi connectivity index (χ1v) is 7.28. The van der Waals surface area contributed by atoms with Gasteiger partial charge in [-0.1, -0.05) is 6.92 Å². The summed E-state index contributed by atoms with van der Waals surface area (Å²) in [6.45, 7) is 1.96. The van der Waals surface area contributed by atoms with E-state index in [0.717, 1.165) is 5.01 Å². The Kier molecular flexibility index (Phi) is 4.56. The molecule has 0 radical (unpaired) electrons. The first-order valence-electron chi connectivity index (χ1n) is 6.40. The average molecular weight is 299 g/mol. The normalized spacial score (nSPS) is 23.6. The lowest BCUT2D eigenvalue weighted by Gasteiger charge is -2.24. The van der Waals surface area contributed by atoms with Crippen molar-refractivity contribution >= 4 is 23.3 Å². The van der Waals surface area contributed by atoms with E-state index in [0.29, 0.717) is 6.42 Å². The number of thiazole rings is 1. The predicted molar refractivity (Wildman–Crippen MR) is 72.4 cm³/mol. The number of carbonyl (C=O) groups excluding carboxylic acids is 1. The summed E-state index contributed by atoms with van der Waals surface area (Å²) in [4.78, 5) is 28.6. The van der Waals surface area contributed by atoms with Crippen molar-refractivity contribution in [2.24, 2.45) is 0 Å². The number of hydrogen-bond acceptors (Lipinski definition) is 5. The molecule has 110 valence electrons. The van der Waals surface area contributed by atoms with E-state index in [9.17, 15) is 14.7 Å². The van der Waals surface area contributed by atoms with Crippen LogP contribution in [0.15, 0.2) is 11.6 Å². The standard InChI is InChI=1S/C12H17N3O4S/c1-2-8(10-13-3-4-20-10)14-12(19)15-6-7(16)5-9(15)11(17)18/h3-4,7-9,16H,2,5-6H2,1H3,(H,14,19)(H,17,18)/t7-,8?,9-/m0/s1. The van der Waals surface area contributed by atoms with E-state index in [1.807, 2.05) is 12.3 Å². The third-order valence-corrected chi connectivity index (χ3v) is 4.17. The third-order valence-electron chi connectivity index (χ3n) is 3.28. The lowest BCUT2D eigenvalue weighted by Crippen LogP contribution is -2.47. The SMILES string of the molecule is CCC(NC(=O)N1C[C@@H](O)C[C@H]1C(=O)O)c1nccs1. The van der Waals surface area contributed by atoms with Crippen molar-refractivity contribution in [3.05, 3.63) is 16.6 Å². The molecule has 0 bridgehead atoms. The average Bonchev–Trinajstić information content (AvgIpc) is 3.04. The molecule has 7 nitrogen and oxygen atoms in total. The molecular weight excluding hydrogens is 282 g/mol. The molecule has 3 atom stereocenters. The van der Waals surface area contributed by atoms with Gasteiger partial charge >= 0.3 is 12.0 Å². The maximum atomic E-state index is 12.2. The number of aliphatic hydroxyl groups is 1. The van der Waals surface area contributed by atoms with Crippen LogP contribution in [0.25, 0.3) is 0 Å². The zero-order valence-electron chi connectivity index (χ0n) is 11.0. The summed E-state index contributed by atoms with van der Waals surface area (Å²) < 4.78 is 0. The fourth-order valence-electron chi connectivity index (χ4n) is 2.25. The molecule has 20 heavy (non-hydrogen) atoms. The Balaban J connectivity index is 2.05. The van der Waals surface area contributed by atoms with Crippen LogP contribution in [0.5, 0.6) is 0 Å². The Morgan fingerprint density at radius 2 is 2.40 bits per heavy atom. The van der Waals surface area contributed by atoms with Crippen molar-refractivity contribution in [2.75, 3.05) is 6.54 Å². The van der Waals surface area contributed by atoms with Gasteiger partial charge in [-0.2, -0.15) is 0 Å². The van der Waals surface area contributed by atoms with E-state index in [4.69, 9.17) is 5.11 Å². The van der Waals surface area contributed by atoms with Crippen LogP contribution in [0, 0.1) is 0 Å². The summed E-state index contributed by atoms with van der Waals surface area (Å²) in [5.41, 5.74) is 0. The van der Waals surface area contributed by atoms with E-state index >= 15 is 0 Å². The Bertz CT molecular complexity index is 479. The van der Waals surface area contributed by atoms with Crippen LogP contribution in [0.2, 0.25) is 0 Å². The quantitative estimate of drug-likeness (QED) is 0.764. The Morgan fingerprint density at radius 1 is 1.65 bits per heavy atom. The molecule has 0 aromatic carbocycles. The summed E-state index contributed by atoms with van der Waals surface area (Å²) in [6.07, 6.45) is 1.60. The van der Waals surface area contributed by atoms with Gasteiger partial charge in [-0.3, -0.25) is 0 Å². The van der Waals surface area contributed by atoms with Crippen molar-refractivity contribution in [3.63, 3.8) is 0 Å². The minimum atomic E-state index is -1.10. The molecule has 0 aliphatic carbocycles. The number of aromatic nitrogens is 1. The number of nitrogens with zero attached hydrogens (tertiary/aromatic N) is 2. The van der Waals surface area contributed by atoms with E-state index in [1.54, 1.807) is 6.20 Å². The summed E-state index contributed by atoms with van der Waals surface area (Å²) in [7, 11) is 0. The Labute approximate surface area is 120 Å². The molecule has 0 saturated carbocycles. The number of carboxylic acids is 1. The number of rotatable bonds is 4. The molecule has 2 amide bonds. The molecule has 1 aromatic heterocycles. The van der Waals surface area contributed by atoms with Gasteiger partial charge in [0, 0.05) is 24.5 Å². The van der Waals surface area contributed by atoms with Crippen molar-refractivity contribution in [3.8, 4) is 0 Å². The topological polar surface area (TPSA) is 103 Å². The molecule has 1 saturated heterocycles. The summed E-state index contributed by atoms with van der Waals surface area (Å²) in [6, 6.07) is -1.69. The smallest absolute Gasteiger partial charge is 0.326 e. The molecular formula is C12H17N3O4S. The molecule has 0 spiro atoms. The van der Waals surface area contributed by atoms with Crippen molar-refractivity contribution < 1.29 is 19.8 Å². The first kappa shape index (κ1) is 14.7. The summed E-state index contributed by atoms with van der Waals surface area (Å²) >= 11 is 1.44. The second-order valence-corrected chi connectivity index (χ2v) is 5.60. The van der Waals surface area contributed by atoms with Gasteiger partial charge in [-0.25, -0.2) is 14.6 Å². The Hall–Kier alpha value is -1.67. The molecule has 2 heterocycles. The predicted octanol–water partition coefficient (Wildman–Crippen LogP) is 0.824. The molecule has 1 aliphatic heterocycles. The highest BCUT2D eigenvalue weighted by atomic mass is 32.1. The van der Waals surface area contributed by atoms with Crippen LogP contribution in [-0.4, -0.2) is 50.8 Å². The van der Waals surface area contributed by atoms with Crippen LogP contribution < -0.4 is 5.32 Å². The van der Waals surface area contributed by atoms with E-state index in [2.05, 4.69) is 10.3 Å². The largest absolute Gasteiger partial charge is 0.480 e. The lowest BCUT2D eigenvalue weighted by atomic mass is 10.2. The summed E-state index contributed by atoms with van der Waals surface area (Å²) in [5, 5.41) is 24.0. The number of likely N-dealkylation sites (tertiary alicyclic amines) is 1. The highest BCUT2D eigenvalue weighted by molar-refractivity contribution is 7.09. The lowest BCUT2D eigenvalue weighted by molar-refractivity contribution is -0.141. The maximum absolute atomic E-state index is 12.2. The van der Waals surface area contributed by atoms with Crippen molar-refractivity contribution in [2.45, 2.75) is 38.0 Å². The van der Waals surface area contributed by atoms with E-state index in [1.165, 1.54) is 16.2 Å². The van der Waals surface area contributed by atoms with Crippen molar-refractivity contribution in [1.29, 1.82) is 0 Å². The van der Waals surface area contributed by atoms with E-state index < -0.39 is 24.1 Å². The molecule has 3 N–H and O–H groups in total. The molecule has 8 heteroatoms. The molecule has 1 unspecified atom stereocenters. The number of carboxylic acid groups (broad SMARTS) is 1. The second-order valence-electron chi connectivity index (χ2n) is 4.68. The number of urea groups is 1. The first-order chi connectivity index (χ1) is 9.52. The van der Waals surface area contributed by atoms with E-state index in [-0.39, 0.29) is 19.0 Å². The van der Waals surface area contributed by atoms with Gasteiger partial charge in [0.2, 0.25) is 0 Å². The highest BCUT2D eigenvalue weighted by Crippen LogP contribution is 2.22. The monoisotopic (exact) mass is 299 g/mol. The number of β-amino-alcohol motifs (C(OH)–C–C–N with tert-alkyl or cyclic N) is 1. The molecule has 1 aromatic rings. The third kappa shape index (κ3) is 3.07. The van der Waals surface area contributed by atoms with Crippen LogP contribution >= 0.6 is 11.3 Å². The van der Waals surface area contributed by atoms with Crippen LogP contribution in [-0.2, 0) is 4.79 Å². The highest BCUT2D eigenvalue weighted by Gasteiger charge is 2.39. The minimum Gasteiger partial charge on any atom is -0.480 e. The minimum absolute atomic E-state index is 0.0388. The van der Waals surface area contributed by atoms with Crippen LogP contribution in [0.4, 0.5) is 4.79 Å². The fraction of sp³-hybridized carbons (Fsp3) is 0.583. The zero-order chi connectivity index (χ0) is 14.7. The van der Waals surface area contributed by atoms with Gasteiger partial charge < -0.3 is 20.4 Å². The van der Waals surface area contributed by atoms with Gasteiger partial charge in [0.05, 0.1) is 12.1 Å². The second kappa shape index (κ2) is 6.19. The van der Waals surface area contributed by atoms with Crippen LogP contribution in [0.3, 0.4) is 0 Å². The van der Waals surface area contributed by atoms with Gasteiger partial charge in [-0.05, 0) is 6.42 Å². The van der Waals surface area contributed by atoms with Crippen molar-refractivity contribution in [1.82, 2.24) is 15.2 Å². The number of aliphatic carboxylic acids is 1. The maximum Gasteiger partial charge on any atom is 0.326 e. The number of carbonyl (C=O) groups is 2.